The molecule has 0 bridgehead atoms. The highest BCUT2D eigenvalue weighted by atomic mass is 16.5. The normalized spacial score (nSPS) is 22.8. The van der Waals surface area contributed by atoms with Crippen molar-refractivity contribution in [2.45, 2.75) is 31.4 Å². The van der Waals surface area contributed by atoms with E-state index >= 15 is 0 Å². The highest BCUT2D eigenvalue weighted by molar-refractivity contribution is 4.97. The standard InChI is InChI=1S/C11H24N2O2/c1-9(6-15-3)13(2)8-11(14,7-12)10-4-5-10/h9-10,14H,4-8,12H2,1-3H3. The van der Waals surface area contributed by atoms with Crippen LogP contribution in [-0.2, 0) is 4.74 Å². The second-order valence-electron chi connectivity index (χ2n) is 4.80. The van der Waals surface area contributed by atoms with Crippen molar-refractivity contribution in [1.29, 1.82) is 0 Å². The maximum absolute atomic E-state index is 10.3. The third kappa shape index (κ3) is 3.41. The Hall–Kier alpha value is -0.160. The second kappa shape index (κ2) is 5.25. The Balaban J connectivity index is 2.43. The molecule has 1 aliphatic carbocycles. The summed E-state index contributed by atoms with van der Waals surface area (Å²) in [5.41, 5.74) is 4.96. The Bertz CT molecular complexity index is 197. The van der Waals surface area contributed by atoms with E-state index in [-0.39, 0.29) is 0 Å². The highest BCUT2D eigenvalue weighted by Gasteiger charge is 2.43. The van der Waals surface area contributed by atoms with E-state index in [2.05, 4.69) is 11.8 Å². The molecule has 0 aromatic rings. The minimum Gasteiger partial charge on any atom is -0.387 e. The van der Waals surface area contributed by atoms with Gasteiger partial charge < -0.3 is 15.6 Å². The smallest absolute Gasteiger partial charge is 0.0923 e. The van der Waals surface area contributed by atoms with Crippen LogP contribution in [0, 0.1) is 5.92 Å². The first-order valence-corrected chi connectivity index (χ1v) is 5.65. The minimum atomic E-state index is -0.698. The lowest BCUT2D eigenvalue weighted by molar-refractivity contribution is -0.0181. The van der Waals surface area contributed by atoms with Gasteiger partial charge in [0.15, 0.2) is 0 Å². The maximum atomic E-state index is 10.3. The zero-order valence-corrected chi connectivity index (χ0v) is 10.1. The summed E-state index contributed by atoms with van der Waals surface area (Å²) in [6.07, 6.45) is 2.22. The van der Waals surface area contributed by atoms with Crippen LogP contribution in [0.5, 0.6) is 0 Å². The van der Waals surface area contributed by atoms with E-state index in [1.165, 1.54) is 0 Å². The van der Waals surface area contributed by atoms with Gasteiger partial charge in [0.05, 0.1) is 12.2 Å². The van der Waals surface area contributed by atoms with E-state index in [1.54, 1.807) is 7.11 Å². The largest absolute Gasteiger partial charge is 0.387 e. The number of ether oxygens (including phenoxy) is 1. The van der Waals surface area contributed by atoms with Crippen LogP contribution >= 0.6 is 0 Å². The monoisotopic (exact) mass is 216 g/mol. The molecule has 0 radical (unpaired) electrons. The van der Waals surface area contributed by atoms with E-state index in [0.29, 0.717) is 31.7 Å². The maximum Gasteiger partial charge on any atom is 0.0923 e. The summed E-state index contributed by atoms with van der Waals surface area (Å²) in [4.78, 5) is 2.12. The molecule has 90 valence electrons. The lowest BCUT2D eigenvalue weighted by Crippen LogP contribution is -2.51. The molecule has 2 atom stereocenters. The molecule has 1 aliphatic rings. The molecule has 3 N–H and O–H groups in total. The first-order chi connectivity index (χ1) is 7.03. The molecule has 0 aromatic heterocycles. The summed E-state index contributed by atoms with van der Waals surface area (Å²) in [5, 5.41) is 10.3. The average molecular weight is 216 g/mol. The molecule has 15 heavy (non-hydrogen) atoms. The van der Waals surface area contributed by atoms with Crippen LogP contribution in [0.4, 0.5) is 0 Å². The molecule has 2 unspecified atom stereocenters. The lowest BCUT2D eigenvalue weighted by atomic mass is 9.97. The van der Waals surface area contributed by atoms with Gasteiger partial charge in [0.1, 0.15) is 0 Å². The first kappa shape index (κ1) is 12.9. The van der Waals surface area contributed by atoms with Crippen molar-refractivity contribution in [2.24, 2.45) is 11.7 Å². The molecule has 0 spiro atoms. The molecule has 4 nitrogen and oxygen atoms in total. The van der Waals surface area contributed by atoms with Gasteiger partial charge in [-0.05, 0) is 32.7 Å². The number of hydrogen-bond donors (Lipinski definition) is 2. The van der Waals surface area contributed by atoms with Crippen molar-refractivity contribution < 1.29 is 9.84 Å². The van der Waals surface area contributed by atoms with E-state index in [1.807, 2.05) is 7.05 Å². The molecule has 1 fully saturated rings. The van der Waals surface area contributed by atoms with Gasteiger partial charge in [-0.3, -0.25) is 4.90 Å². The molecule has 0 heterocycles. The van der Waals surface area contributed by atoms with E-state index in [0.717, 1.165) is 12.8 Å². The third-order valence-electron chi connectivity index (χ3n) is 3.37. The van der Waals surface area contributed by atoms with Gasteiger partial charge in [-0.15, -0.1) is 0 Å². The van der Waals surface area contributed by atoms with Crippen molar-refractivity contribution in [3.63, 3.8) is 0 Å². The fraction of sp³-hybridized carbons (Fsp3) is 1.00. The minimum absolute atomic E-state index is 0.312. The van der Waals surface area contributed by atoms with Crippen molar-refractivity contribution in [2.75, 3.05) is 33.9 Å². The second-order valence-corrected chi connectivity index (χ2v) is 4.80. The van der Waals surface area contributed by atoms with Gasteiger partial charge in [-0.2, -0.15) is 0 Å². The summed E-state index contributed by atoms with van der Waals surface area (Å²) >= 11 is 0. The molecular weight excluding hydrogens is 192 g/mol. The SMILES string of the molecule is COCC(C)N(C)CC(O)(CN)C1CC1. The fourth-order valence-corrected chi connectivity index (χ4v) is 1.94. The third-order valence-corrected chi connectivity index (χ3v) is 3.37. The molecule has 1 rings (SSSR count). The predicted octanol–water partition coefficient (Wildman–Crippen LogP) is 0.0529. The number of likely N-dealkylation sites (N-methyl/N-ethyl adjacent to an activating group) is 1. The van der Waals surface area contributed by atoms with Crippen molar-refractivity contribution in [1.82, 2.24) is 4.90 Å². The van der Waals surface area contributed by atoms with Crippen molar-refractivity contribution in [3.8, 4) is 0 Å². The van der Waals surface area contributed by atoms with Crippen LogP contribution in [-0.4, -0.2) is 55.5 Å². The van der Waals surface area contributed by atoms with Crippen LogP contribution in [0.1, 0.15) is 19.8 Å². The Morgan fingerprint density at radius 2 is 2.20 bits per heavy atom. The van der Waals surface area contributed by atoms with E-state index < -0.39 is 5.60 Å². The average Bonchev–Trinajstić information content (AvgIpc) is 3.01. The first-order valence-electron chi connectivity index (χ1n) is 5.65. The number of hydrogen-bond acceptors (Lipinski definition) is 4. The number of rotatable bonds is 7. The Morgan fingerprint density at radius 1 is 1.60 bits per heavy atom. The summed E-state index contributed by atoms with van der Waals surface area (Å²) < 4.78 is 5.09. The van der Waals surface area contributed by atoms with Gasteiger partial charge in [0.2, 0.25) is 0 Å². The van der Waals surface area contributed by atoms with Gasteiger partial charge >= 0.3 is 0 Å². The Kier molecular flexibility index (Phi) is 4.52. The Labute approximate surface area is 92.4 Å². The molecule has 1 saturated carbocycles. The quantitative estimate of drug-likeness (QED) is 0.631. The molecule has 0 aliphatic heterocycles. The molecule has 0 aromatic carbocycles. The van der Waals surface area contributed by atoms with Crippen molar-refractivity contribution >= 4 is 0 Å². The van der Waals surface area contributed by atoms with Gasteiger partial charge in [-0.1, -0.05) is 0 Å². The summed E-state index contributed by atoms with van der Waals surface area (Å²) in [5.74, 6) is 0.402. The van der Waals surface area contributed by atoms with Crippen LogP contribution in [0.3, 0.4) is 0 Å². The van der Waals surface area contributed by atoms with E-state index in [9.17, 15) is 5.11 Å². The van der Waals surface area contributed by atoms with Crippen molar-refractivity contribution in [3.05, 3.63) is 0 Å². The molecule has 0 saturated heterocycles. The Morgan fingerprint density at radius 3 is 2.60 bits per heavy atom. The zero-order chi connectivity index (χ0) is 11.5. The van der Waals surface area contributed by atoms with Gasteiger partial charge in [0, 0.05) is 26.2 Å². The number of methoxy groups -OCH3 is 1. The van der Waals surface area contributed by atoms with Crippen LogP contribution in [0.25, 0.3) is 0 Å². The highest BCUT2D eigenvalue weighted by Crippen LogP contribution is 2.39. The fourth-order valence-electron chi connectivity index (χ4n) is 1.94. The summed E-state index contributed by atoms with van der Waals surface area (Å²) in [6, 6.07) is 0.312. The van der Waals surface area contributed by atoms with Crippen LogP contribution in [0.2, 0.25) is 0 Å². The topological polar surface area (TPSA) is 58.7 Å². The zero-order valence-electron chi connectivity index (χ0n) is 10.1. The van der Waals surface area contributed by atoms with E-state index in [4.69, 9.17) is 10.5 Å². The number of nitrogens with zero attached hydrogens (tertiary/aromatic N) is 1. The molecular formula is C11H24N2O2. The van der Waals surface area contributed by atoms with Crippen LogP contribution < -0.4 is 5.73 Å². The number of nitrogens with two attached hydrogens (primary N) is 1. The lowest BCUT2D eigenvalue weighted by Gasteiger charge is -2.34. The summed E-state index contributed by atoms with van der Waals surface area (Å²) in [7, 11) is 3.70. The number of aliphatic hydroxyl groups is 1. The van der Waals surface area contributed by atoms with Gasteiger partial charge in [0.25, 0.3) is 0 Å². The molecule has 4 heteroatoms. The molecule has 0 amide bonds. The predicted molar refractivity (Wildman–Crippen MR) is 60.7 cm³/mol. The summed E-state index contributed by atoms with van der Waals surface area (Å²) in [6.45, 7) is 3.76. The van der Waals surface area contributed by atoms with Gasteiger partial charge in [-0.25, -0.2) is 0 Å². The van der Waals surface area contributed by atoms with Crippen LogP contribution in [0.15, 0.2) is 0 Å².